The Balaban J connectivity index is 1.59. The fourth-order valence-corrected chi connectivity index (χ4v) is 4.92. The Morgan fingerprint density at radius 2 is 2.18 bits per heavy atom. The van der Waals surface area contributed by atoms with E-state index >= 15 is 0 Å². The number of ketones is 1. The first-order valence-corrected chi connectivity index (χ1v) is 11.2. The van der Waals surface area contributed by atoms with E-state index in [1.165, 1.54) is 23.1 Å². The molecular weight excluding hydrogens is 394 g/mol. The standard InChI is InChI=1S/C20H25N3O3S2/c1-13(2)26-17-8-4-6-15(10-17)19(25)16-7-5-9-23(11-16)18(24)12-27-20-22-21-14(3)28-20/h4,6,8,10,13,16H,5,7,9,11-12H2,1-3H3. The van der Waals surface area contributed by atoms with Gasteiger partial charge in [-0.3, -0.25) is 9.59 Å². The van der Waals surface area contributed by atoms with E-state index in [2.05, 4.69) is 10.2 Å². The van der Waals surface area contributed by atoms with E-state index in [1.54, 1.807) is 11.0 Å². The number of likely N-dealkylation sites (tertiary alicyclic amines) is 1. The first-order valence-electron chi connectivity index (χ1n) is 9.44. The second kappa shape index (κ2) is 9.52. The minimum Gasteiger partial charge on any atom is -0.491 e. The fourth-order valence-electron chi connectivity index (χ4n) is 3.20. The molecule has 1 aliphatic rings. The normalized spacial score (nSPS) is 17.0. The van der Waals surface area contributed by atoms with Crippen molar-refractivity contribution in [1.29, 1.82) is 0 Å². The number of nitrogens with zero attached hydrogens (tertiary/aromatic N) is 3. The maximum atomic E-state index is 13.0. The van der Waals surface area contributed by atoms with E-state index in [1.807, 2.05) is 39.0 Å². The number of ether oxygens (including phenoxy) is 1. The molecule has 0 radical (unpaired) electrons. The molecule has 1 aliphatic heterocycles. The summed E-state index contributed by atoms with van der Waals surface area (Å²) in [6, 6.07) is 7.33. The van der Waals surface area contributed by atoms with Gasteiger partial charge in [0.2, 0.25) is 5.91 Å². The van der Waals surface area contributed by atoms with Crippen LogP contribution in [0.3, 0.4) is 0 Å². The number of amides is 1. The number of piperidine rings is 1. The highest BCUT2D eigenvalue weighted by molar-refractivity contribution is 8.01. The molecule has 1 saturated heterocycles. The van der Waals surface area contributed by atoms with E-state index in [0.29, 0.717) is 30.2 Å². The van der Waals surface area contributed by atoms with Crippen LogP contribution in [0.2, 0.25) is 0 Å². The summed E-state index contributed by atoms with van der Waals surface area (Å²) in [7, 11) is 0. The van der Waals surface area contributed by atoms with E-state index in [9.17, 15) is 9.59 Å². The Morgan fingerprint density at radius 1 is 1.36 bits per heavy atom. The third-order valence-corrected chi connectivity index (χ3v) is 6.42. The molecule has 3 rings (SSSR count). The third kappa shape index (κ3) is 5.54. The highest BCUT2D eigenvalue weighted by Crippen LogP contribution is 2.26. The zero-order valence-electron chi connectivity index (χ0n) is 16.4. The van der Waals surface area contributed by atoms with Gasteiger partial charge in [-0.2, -0.15) is 0 Å². The number of Topliss-reactive ketones (excluding diaryl/α,β-unsaturated/α-hetero) is 1. The molecule has 0 N–H and O–H groups in total. The highest BCUT2D eigenvalue weighted by Gasteiger charge is 2.29. The maximum Gasteiger partial charge on any atom is 0.233 e. The average molecular weight is 420 g/mol. The predicted octanol–water partition coefficient (Wildman–Crippen LogP) is 3.85. The third-order valence-electron chi connectivity index (χ3n) is 4.46. The predicted molar refractivity (Wildman–Crippen MR) is 111 cm³/mol. The number of thioether (sulfide) groups is 1. The second-order valence-electron chi connectivity index (χ2n) is 7.11. The van der Waals surface area contributed by atoms with Gasteiger partial charge in [-0.1, -0.05) is 35.2 Å². The van der Waals surface area contributed by atoms with Crippen LogP contribution in [0.4, 0.5) is 0 Å². The van der Waals surface area contributed by atoms with Crippen molar-refractivity contribution in [2.45, 2.75) is 44.1 Å². The summed E-state index contributed by atoms with van der Waals surface area (Å²) >= 11 is 2.90. The molecule has 1 aromatic carbocycles. The quantitative estimate of drug-likeness (QED) is 0.501. The number of aryl methyl sites for hydroxylation is 1. The van der Waals surface area contributed by atoms with Gasteiger partial charge < -0.3 is 9.64 Å². The Hall–Kier alpha value is -1.93. The van der Waals surface area contributed by atoms with Crippen molar-refractivity contribution in [2.75, 3.05) is 18.8 Å². The van der Waals surface area contributed by atoms with Gasteiger partial charge in [0.25, 0.3) is 0 Å². The van der Waals surface area contributed by atoms with Crippen LogP contribution in [0.25, 0.3) is 0 Å². The summed E-state index contributed by atoms with van der Waals surface area (Å²) in [4.78, 5) is 27.4. The molecule has 2 heterocycles. The zero-order chi connectivity index (χ0) is 20.1. The molecule has 1 fully saturated rings. The first kappa shape index (κ1) is 20.8. The van der Waals surface area contributed by atoms with Gasteiger partial charge in [0, 0.05) is 24.6 Å². The summed E-state index contributed by atoms with van der Waals surface area (Å²) in [6.45, 7) is 6.99. The minimum atomic E-state index is -0.166. The second-order valence-corrected chi connectivity index (χ2v) is 9.52. The van der Waals surface area contributed by atoms with E-state index in [0.717, 1.165) is 22.2 Å². The van der Waals surface area contributed by atoms with Gasteiger partial charge in [0.1, 0.15) is 10.8 Å². The molecule has 0 spiro atoms. The van der Waals surface area contributed by atoms with Gasteiger partial charge in [0.15, 0.2) is 10.1 Å². The van der Waals surface area contributed by atoms with Gasteiger partial charge in [0.05, 0.1) is 11.9 Å². The van der Waals surface area contributed by atoms with Crippen LogP contribution in [-0.2, 0) is 4.79 Å². The van der Waals surface area contributed by atoms with E-state index in [-0.39, 0.29) is 23.7 Å². The smallest absolute Gasteiger partial charge is 0.233 e. The molecule has 28 heavy (non-hydrogen) atoms. The molecular formula is C20H25N3O3S2. The first-order chi connectivity index (χ1) is 13.4. The molecule has 1 atom stereocenters. The van der Waals surface area contributed by atoms with Crippen LogP contribution < -0.4 is 4.74 Å². The van der Waals surface area contributed by atoms with Gasteiger partial charge in [-0.15, -0.1) is 10.2 Å². The van der Waals surface area contributed by atoms with Crippen LogP contribution in [0.1, 0.15) is 42.1 Å². The minimum absolute atomic E-state index is 0.0484. The lowest BCUT2D eigenvalue weighted by Gasteiger charge is -2.32. The molecule has 8 heteroatoms. The number of aromatic nitrogens is 2. The van der Waals surface area contributed by atoms with Crippen LogP contribution in [0, 0.1) is 12.8 Å². The Morgan fingerprint density at radius 3 is 2.89 bits per heavy atom. The Bertz CT molecular complexity index is 838. The molecule has 0 saturated carbocycles. The largest absolute Gasteiger partial charge is 0.491 e. The number of rotatable bonds is 7. The summed E-state index contributed by atoms with van der Waals surface area (Å²) in [6.07, 6.45) is 1.70. The number of hydrogen-bond donors (Lipinski definition) is 0. The van der Waals surface area contributed by atoms with Crippen LogP contribution >= 0.6 is 23.1 Å². The van der Waals surface area contributed by atoms with Crippen LogP contribution in [0.5, 0.6) is 5.75 Å². The Kier molecular flexibility index (Phi) is 7.07. The zero-order valence-corrected chi connectivity index (χ0v) is 18.0. The van der Waals surface area contributed by atoms with Crippen molar-refractivity contribution in [3.05, 3.63) is 34.8 Å². The molecule has 1 unspecified atom stereocenters. The summed E-state index contributed by atoms with van der Waals surface area (Å²) in [5.74, 6) is 0.994. The lowest BCUT2D eigenvalue weighted by atomic mass is 9.90. The monoisotopic (exact) mass is 419 g/mol. The summed E-state index contributed by atoms with van der Waals surface area (Å²) in [5.41, 5.74) is 0.649. The highest BCUT2D eigenvalue weighted by atomic mass is 32.2. The summed E-state index contributed by atoms with van der Waals surface area (Å²) in [5, 5.41) is 8.90. The van der Waals surface area contributed by atoms with Crippen molar-refractivity contribution >= 4 is 34.8 Å². The van der Waals surface area contributed by atoms with Crippen molar-refractivity contribution < 1.29 is 14.3 Å². The van der Waals surface area contributed by atoms with Crippen molar-refractivity contribution in [2.24, 2.45) is 5.92 Å². The number of carbonyl (C=O) groups is 2. The maximum absolute atomic E-state index is 13.0. The molecule has 6 nitrogen and oxygen atoms in total. The van der Waals surface area contributed by atoms with Crippen molar-refractivity contribution in [1.82, 2.24) is 15.1 Å². The average Bonchev–Trinajstić information content (AvgIpc) is 3.10. The lowest BCUT2D eigenvalue weighted by molar-refractivity contribution is -0.129. The topological polar surface area (TPSA) is 72.4 Å². The summed E-state index contributed by atoms with van der Waals surface area (Å²) < 4.78 is 6.50. The number of benzene rings is 1. The van der Waals surface area contributed by atoms with Gasteiger partial charge in [-0.05, 0) is 45.7 Å². The van der Waals surface area contributed by atoms with E-state index in [4.69, 9.17) is 4.74 Å². The van der Waals surface area contributed by atoms with E-state index < -0.39 is 0 Å². The molecule has 1 amide bonds. The van der Waals surface area contributed by atoms with Gasteiger partial charge >= 0.3 is 0 Å². The molecule has 0 bridgehead atoms. The van der Waals surface area contributed by atoms with Crippen LogP contribution in [-0.4, -0.2) is 51.7 Å². The molecule has 0 aliphatic carbocycles. The van der Waals surface area contributed by atoms with Crippen molar-refractivity contribution in [3.8, 4) is 5.75 Å². The number of carbonyl (C=O) groups excluding carboxylic acids is 2. The molecule has 1 aromatic heterocycles. The number of hydrogen-bond acceptors (Lipinski definition) is 7. The SMILES string of the molecule is Cc1nnc(SCC(=O)N2CCCC(C(=O)c3cccc(OC(C)C)c3)C2)s1. The van der Waals surface area contributed by atoms with Gasteiger partial charge in [-0.25, -0.2) is 0 Å². The fraction of sp³-hybridized carbons (Fsp3) is 0.500. The molecule has 150 valence electrons. The molecule has 2 aromatic rings. The van der Waals surface area contributed by atoms with Crippen LogP contribution in [0.15, 0.2) is 28.6 Å². The Labute approximate surface area is 173 Å². The lowest BCUT2D eigenvalue weighted by Crippen LogP contribution is -2.43. The van der Waals surface area contributed by atoms with Crippen molar-refractivity contribution in [3.63, 3.8) is 0 Å².